The highest BCUT2D eigenvalue weighted by atomic mass is 19.1. The van der Waals surface area contributed by atoms with E-state index >= 15 is 0 Å². The smallest absolute Gasteiger partial charge is 0.252 e. The Morgan fingerprint density at radius 3 is 2.88 bits per heavy atom. The topological polar surface area (TPSA) is 54.5 Å². The van der Waals surface area contributed by atoms with Crippen LogP contribution in [0.1, 0.15) is 15.9 Å². The number of nitrogens with zero attached hydrogens (tertiary/aromatic N) is 2. The van der Waals surface area contributed by atoms with Crippen molar-refractivity contribution in [3.63, 3.8) is 0 Å². The summed E-state index contributed by atoms with van der Waals surface area (Å²) in [6.45, 7) is 3.92. The van der Waals surface area contributed by atoms with Gasteiger partial charge in [-0.3, -0.25) is 14.7 Å². The molecule has 1 aromatic carbocycles. The highest BCUT2D eigenvalue weighted by Gasteiger charge is 2.43. The number of amides is 1. The molecule has 2 fully saturated rings. The quantitative estimate of drug-likeness (QED) is 0.892. The number of aromatic nitrogens is 1. The number of carbonyl (C=O) groups excluding carboxylic acids is 1. The van der Waals surface area contributed by atoms with E-state index in [0.29, 0.717) is 30.6 Å². The van der Waals surface area contributed by atoms with E-state index in [2.05, 4.69) is 15.2 Å². The van der Waals surface area contributed by atoms with Gasteiger partial charge in [0, 0.05) is 50.4 Å². The third kappa shape index (κ3) is 3.76. The first kappa shape index (κ1) is 17.1. The average molecular weight is 355 g/mol. The molecule has 2 aromatic rings. The van der Waals surface area contributed by atoms with Crippen LogP contribution in [0.2, 0.25) is 0 Å². The first-order valence-electron chi connectivity index (χ1n) is 8.95. The zero-order chi connectivity index (χ0) is 17.9. The molecule has 136 valence electrons. The minimum atomic E-state index is -0.209. The van der Waals surface area contributed by atoms with Crippen molar-refractivity contribution in [2.24, 2.45) is 11.8 Å². The highest BCUT2D eigenvalue weighted by Crippen LogP contribution is 2.34. The molecule has 0 unspecified atom stereocenters. The van der Waals surface area contributed by atoms with E-state index in [9.17, 15) is 9.18 Å². The summed E-state index contributed by atoms with van der Waals surface area (Å²) in [7, 11) is 0. The van der Waals surface area contributed by atoms with E-state index in [1.807, 2.05) is 12.1 Å². The monoisotopic (exact) mass is 355 g/mol. The van der Waals surface area contributed by atoms with Gasteiger partial charge in [0.15, 0.2) is 0 Å². The van der Waals surface area contributed by atoms with E-state index < -0.39 is 0 Å². The number of ether oxygens (including phenoxy) is 1. The molecule has 2 aliphatic rings. The van der Waals surface area contributed by atoms with Crippen LogP contribution in [0.25, 0.3) is 0 Å². The van der Waals surface area contributed by atoms with Crippen molar-refractivity contribution < 1.29 is 13.9 Å². The number of hydrogen-bond donors (Lipinski definition) is 1. The number of halogens is 1. The molecule has 1 amide bonds. The van der Waals surface area contributed by atoms with Crippen molar-refractivity contribution >= 4 is 5.91 Å². The SMILES string of the molecule is O=C(NC[C@@H]1CO[C@H]2CN(Cc3ccc(F)cc3)C[C@@H]12)c1cccnc1. The van der Waals surface area contributed by atoms with Gasteiger partial charge >= 0.3 is 0 Å². The van der Waals surface area contributed by atoms with Crippen molar-refractivity contribution in [1.29, 1.82) is 0 Å². The standard InChI is InChI=1S/C20H22FN3O2/c21-17-5-3-14(4-6-17)10-24-11-18-16(13-26-19(18)12-24)9-23-20(25)15-2-1-7-22-8-15/h1-8,16,18-19H,9-13H2,(H,23,25)/t16-,18+,19+/m1/s1. The minimum absolute atomic E-state index is 0.0947. The van der Waals surface area contributed by atoms with Crippen LogP contribution in [-0.4, -0.2) is 48.1 Å². The van der Waals surface area contributed by atoms with Crippen LogP contribution >= 0.6 is 0 Å². The number of carbonyl (C=O) groups is 1. The Balaban J connectivity index is 1.30. The van der Waals surface area contributed by atoms with E-state index in [0.717, 1.165) is 25.2 Å². The fourth-order valence-electron chi connectivity index (χ4n) is 3.89. The van der Waals surface area contributed by atoms with Gasteiger partial charge in [0.1, 0.15) is 5.82 Å². The maximum Gasteiger partial charge on any atom is 0.252 e. The van der Waals surface area contributed by atoms with Gasteiger partial charge in [0.25, 0.3) is 5.91 Å². The largest absolute Gasteiger partial charge is 0.376 e. The predicted octanol–water partition coefficient (Wildman–Crippen LogP) is 2.10. The van der Waals surface area contributed by atoms with Crippen molar-refractivity contribution in [2.75, 3.05) is 26.2 Å². The number of pyridine rings is 1. The second kappa shape index (κ2) is 7.51. The van der Waals surface area contributed by atoms with Gasteiger partial charge in [-0.25, -0.2) is 4.39 Å². The molecule has 5 nitrogen and oxygen atoms in total. The molecular formula is C20H22FN3O2. The Bertz CT molecular complexity index is 753. The molecule has 3 heterocycles. The summed E-state index contributed by atoms with van der Waals surface area (Å²) in [6, 6.07) is 10.2. The lowest BCUT2D eigenvalue weighted by Gasteiger charge is -2.20. The lowest BCUT2D eigenvalue weighted by atomic mass is 9.93. The van der Waals surface area contributed by atoms with Gasteiger partial charge in [-0.15, -0.1) is 0 Å². The normalized spacial score (nSPS) is 25.2. The lowest BCUT2D eigenvalue weighted by Crippen LogP contribution is -2.34. The maximum atomic E-state index is 13.0. The van der Waals surface area contributed by atoms with Crippen molar-refractivity contribution in [3.8, 4) is 0 Å². The molecule has 6 heteroatoms. The van der Waals surface area contributed by atoms with Gasteiger partial charge in [-0.05, 0) is 29.8 Å². The van der Waals surface area contributed by atoms with Crippen LogP contribution in [0.3, 0.4) is 0 Å². The molecule has 0 radical (unpaired) electrons. The van der Waals surface area contributed by atoms with Crippen LogP contribution in [0, 0.1) is 17.7 Å². The molecule has 3 atom stereocenters. The number of likely N-dealkylation sites (tertiary alicyclic amines) is 1. The van der Waals surface area contributed by atoms with Crippen LogP contribution in [0.5, 0.6) is 0 Å². The molecule has 2 aliphatic heterocycles. The predicted molar refractivity (Wildman–Crippen MR) is 95.0 cm³/mol. The van der Waals surface area contributed by atoms with E-state index in [-0.39, 0.29) is 17.8 Å². The maximum absolute atomic E-state index is 13.0. The van der Waals surface area contributed by atoms with E-state index in [1.165, 1.54) is 12.1 Å². The molecule has 0 bridgehead atoms. The number of fused-ring (bicyclic) bond motifs is 1. The van der Waals surface area contributed by atoms with Gasteiger partial charge in [-0.2, -0.15) is 0 Å². The summed E-state index contributed by atoms with van der Waals surface area (Å²) in [5.41, 5.74) is 1.68. The Labute approximate surface area is 152 Å². The molecule has 4 rings (SSSR count). The van der Waals surface area contributed by atoms with Crippen molar-refractivity contribution in [2.45, 2.75) is 12.6 Å². The second-order valence-corrected chi connectivity index (χ2v) is 7.07. The lowest BCUT2D eigenvalue weighted by molar-refractivity contribution is 0.0903. The number of rotatable bonds is 5. The Kier molecular flexibility index (Phi) is 4.95. The summed E-state index contributed by atoms with van der Waals surface area (Å²) < 4.78 is 19.0. The van der Waals surface area contributed by atoms with Gasteiger partial charge in [-0.1, -0.05) is 12.1 Å². The summed E-state index contributed by atoms with van der Waals surface area (Å²) in [5.74, 6) is 0.436. The third-order valence-corrected chi connectivity index (χ3v) is 5.28. The number of hydrogen-bond acceptors (Lipinski definition) is 4. The molecule has 26 heavy (non-hydrogen) atoms. The van der Waals surface area contributed by atoms with Gasteiger partial charge in [0.2, 0.25) is 0 Å². The number of nitrogens with one attached hydrogen (secondary N) is 1. The molecule has 0 aliphatic carbocycles. The van der Waals surface area contributed by atoms with Crippen molar-refractivity contribution in [3.05, 3.63) is 65.7 Å². The average Bonchev–Trinajstić information content (AvgIpc) is 3.23. The van der Waals surface area contributed by atoms with Gasteiger partial charge in [0.05, 0.1) is 18.3 Å². The van der Waals surface area contributed by atoms with Crippen LogP contribution in [0.15, 0.2) is 48.8 Å². The van der Waals surface area contributed by atoms with Gasteiger partial charge < -0.3 is 10.1 Å². The molecule has 0 saturated carbocycles. The third-order valence-electron chi connectivity index (χ3n) is 5.28. The second-order valence-electron chi connectivity index (χ2n) is 7.07. The van der Waals surface area contributed by atoms with Crippen LogP contribution in [0.4, 0.5) is 4.39 Å². The van der Waals surface area contributed by atoms with Crippen LogP contribution < -0.4 is 5.32 Å². The molecule has 0 spiro atoms. The summed E-state index contributed by atoms with van der Waals surface area (Å²) in [5, 5.41) is 3.01. The first-order valence-corrected chi connectivity index (χ1v) is 8.95. The van der Waals surface area contributed by atoms with E-state index in [1.54, 1.807) is 24.5 Å². The molecular weight excluding hydrogens is 333 g/mol. The Hall–Kier alpha value is -2.31. The van der Waals surface area contributed by atoms with Crippen LogP contribution in [-0.2, 0) is 11.3 Å². The zero-order valence-corrected chi connectivity index (χ0v) is 14.5. The summed E-state index contributed by atoms with van der Waals surface area (Å²) >= 11 is 0. The Morgan fingerprint density at radius 2 is 2.12 bits per heavy atom. The highest BCUT2D eigenvalue weighted by molar-refractivity contribution is 5.93. The Morgan fingerprint density at radius 1 is 1.27 bits per heavy atom. The fourth-order valence-corrected chi connectivity index (χ4v) is 3.89. The molecule has 2 saturated heterocycles. The van der Waals surface area contributed by atoms with Crippen molar-refractivity contribution in [1.82, 2.24) is 15.2 Å². The minimum Gasteiger partial charge on any atom is -0.376 e. The molecule has 1 aromatic heterocycles. The first-order chi connectivity index (χ1) is 12.7. The zero-order valence-electron chi connectivity index (χ0n) is 14.5. The summed E-state index contributed by atoms with van der Waals surface area (Å²) in [6.07, 6.45) is 3.44. The molecule has 1 N–H and O–H groups in total. The fraction of sp³-hybridized carbons (Fsp3) is 0.400. The summed E-state index contributed by atoms with van der Waals surface area (Å²) in [4.78, 5) is 18.5. The van der Waals surface area contributed by atoms with E-state index in [4.69, 9.17) is 4.74 Å². The number of benzene rings is 1.